The number of nitrogens with zero attached hydrogens (tertiary/aromatic N) is 2. The highest BCUT2D eigenvalue weighted by molar-refractivity contribution is 9.13. The average Bonchev–Trinajstić information content (AvgIpc) is 2.74. The highest BCUT2D eigenvalue weighted by Crippen LogP contribution is 2.41. The van der Waals surface area contributed by atoms with Crippen molar-refractivity contribution in [2.45, 2.75) is 6.92 Å². The van der Waals surface area contributed by atoms with Crippen LogP contribution >= 0.6 is 31.9 Å². The molecule has 0 aliphatic rings. The Kier molecular flexibility index (Phi) is 7.05. The molecule has 3 aromatic rings. The van der Waals surface area contributed by atoms with Crippen LogP contribution in [0, 0.1) is 0 Å². The van der Waals surface area contributed by atoms with E-state index in [1.165, 1.54) is 6.21 Å². The Morgan fingerprint density at radius 1 is 1.21 bits per heavy atom. The van der Waals surface area contributed by atoms with E-state index >= 15 is 0 Å². The molecule has 9 heteroatoms. The lowest BCUT2D eigenvalue weighted by atomic mass is 10.2. The number of phenolic OH excluding ortho intramolecular Hbond substituents is 1. The molecule has 0 bridgehead atoms. The number of benzene rings is 2. The number of amides is 1. The molecule has 0 atom stereocenters. The normalized spacial score (nSPS) is 11.0. The number of pyridine rings is 1. The van der Waals surface area contributed by atoms with Gasteiger partial charge in [0.15, 0.2) is 18.1 Å². The SMILES string of the molecule is CCOc1cc(/C=N/NC(=O)COc2cccc3cccnc23)c(Br)c(Br)c1O. The summed E-state index contributed by atoms with van der Waals surface area (Å²) in [7, 11) is 0. The van der Waals surface area contributed by atoms with E-state index in [0.717, 1.165) is 5.39 Å². The topological polar surface area (TPSA) is 93.0 Å². The summed E-state index contributed by atoms with van der Waals surface area (Å²) in [6.07, 6.45) is 3.11. The molecule has 150 valence electrons. The number of carbonyl (C=O) groups is 1. The molecule has 0 saturated carbocycles. The van der Waals surface area contributed by atoms with Crippen LogP contribution in [0.15, 0.2) is 56.6 Å². The molecule has 1 aromatic heterocycles. The molecule has 2 N–H and O–H groups in total. The Hall–Kier alpha value is -2.65. The maximum Gasteiger partial charge on any atom is 0.277 e. The minimum absolute atomic E-state index is 0.0167. The Morgan fingerprint density at radius 3 is 2.79 bits per heavy atom. The standard InChI is InChI=1S/C20H17Br2N3O4/c1-2-28-15-9-13(17(21)18(22)20(15)27)10-24-25-16(26)11-29-14-7-3-5-12-6-4-8-23-19(12)14/h3-10,27H,2,11H2,1H3,(H,25,26)/b24-10+. The van der Waals surface area contributed by atoms with Crippen LogP contribution in [0.1, 0.15) is 12.5 Å². The van der Waals surface area contributed by atoms with E-state index in [1.807, 2.05) is 31.2 Å². The van der Waals surface area contributed by atoms with Crippen molar-refractivity contribution in [3.8, 4) is 17.2 Å². The van der Waals surface area contributed by atoms with Crippen LogP contribution < -0.4 is 14.9 Å². The molecule has 29 heavy (non-hydrogen) atoms. The molecule has 0 aliphatic heterocycles. The molecule has 0 aliphatic carbocycles. The fraction of sp³-hybridized carbons (Fsp3) is 0.150. The molecular weight excluding hydrogens is 506 g/mol. The highest BCUT2D eigenvalue weighted by atomic mass is 79.9. The number of rotatable bonds is 7. The van der Waals surface area contributed by atoms with Gasteiger partial charge in [0.1, 0.15) is 11.3 Å². The van der Waals surface area contributed by atoms with Crippen molar-refractivity contribution in [2.75, 3.05) is 13.2 Å². The number of halogens is 2. The van der Waals surface area contributed by atoms with Gasteiger partial charge in [-0.3, -0.25) is 9.78 Å². The Bertz CT molecular complexity index is 1070. The lowest BCUT2D eigenvalue weighted by Crippen LogP contribution is -2.24. The van der Waals surface area contributed by atoms with Gasteiger partial charge >= 0.3 is 0 Å². The third kappa shape index (κ3) is 5.04. The van der Waals surface area contributed by atoms with Gasteiger partial charge in [0.05, 0.1) is 17.3 Å². The number of fused-ring (bicyclic) bond motifs is 1. The second kappa shape index (κ2) is 9.71. The quantitative estimate of drug-likeness (QED) is 0.354. The minimum atomic E-state index is -0.423. The smallest absolute Gasteiger partial charge is 0.277 e. The van der Waals surface area contributed by atoms with Crippen molar-refractivity contribution < 1.29 is 19.4 Å². The van der Waals surface area contributed by atoms with Gasteiger partial charge in [0, 0.05) is 21.6 Å². The van der Waals surface area contributed by atoms with E-state index in [-0.39, 0.29) is 12.4 Å². The van der Waals surface area contributed by atoms with E-state index in [4.69, 9.17) is 9.47 Å². The van der Waals surface area contributed by atoms with Crippen LogP contribution in [0.5, 0.6) is 17.2 Å². The first-order valence-electron chi connectivity index (χ1n) is 8.63. The van der Waals surface area contributed by atoms with Gasteiger partial charge in [-0.25, -0.2) is 5.43 Å². The van der Waals surface area contributed by atoms with Crippen molar-refractivity contribution in [3.05, 3.63) is 57.1 Å². The van der Waals surface area contributed by atoms with E-state index in [9.17, 15) is 9.90 Å². The van der Waals surface area contributed by atoms with Crippen molar-refractivity contribution in [1.29, 1.82) is 0 Å². The first-order chi connectivity index (χ1) is 14.0. The number of hydrogen-bond acceptors (Lipinski definition) is 6. The van der Waals surface area contributed by atoms with E-state index in [1.54, 1.807) is 18.3 Å². The zero-order valence-corrected chi connectivity index (χ0v) is 18.5. The molecule has 0 spiro atoms. The predicted molar refractivity (Wildman–Crippen MR) is 118 cm³/mol. The monoisotopic (exact) mass is 521 g/mol. The molecule has 0 fully saturated rings. The number of carbonyl (C=O) groups excluding carboxylic acids is 1. The van der Waals surface area contributed by atoms with Gasteiger partial charge in [-0.05, 0) is 57.0 Å². The number of aromatic hydroxyl groups is 1. The van der Waals surface area contributed by atoms with Crippen LogP contribution in [0.25, 0.3) is 10.9 Å². The second-order valence-electron chi connectivity index (χ2n) is 5.79. The molecule has 7 nitrogen and oxygen atoms in total. The summed E-state index contributed by atoms with van der Waals surface area (Å²) in [6.45, 7) is 2.00. The second-order valence-corrected chi connectivity index (χ2v) is 7.37. The number of phenols is 1. The van der Waals surface area contributed by atoms with Crippen molar-refractivity contribution in [2.24, 2.45) is 5.10 Å². The van der Waals surface area contributed by atoms with Gasteiger partial charge in [-0.15, -0.1) is 0 Å². The summed E-state index contributed by atoms with van der Waals surface area (Å²) in [4.78, 5) is 16.3. The fourth-order valence-corrected chi connectivity index (χ4v) is 3.34. The minimum Gasteiger partial charge on any atom is -0.503 e. The van der Waals surface area contributed by atoms with Crippen LogP contribution in [-0.4, -0.2) is 35.4 Å². The molecule has 3 rings (SSSR count). The Morgan fingerprint density at radius 2 is 2.00 bits per heavy atom. The van der Waals surface area contributed by atoms with Crippen LogP contribution in [-0.2, 0) is 4.79 Å². The summed E-state index contributed by atoms with van der Waals surface area (Å²) in [5.41, 5.74) is 3.70. The number of aromatic nitrogens is 1. The van der Waals surface area contributed by atoms with Crippen LogP contribution in [0.3, 0.4) is 0 Å². The lowest BCUT2D eigenvalue weighted by molar-refractivity contribution is -0.123. The van der Waals surface area contributed by atoms with E-state index in [0.29, 0.717) is 38.1 Å². The maximum atomic E-state index is 12.1. The molecule has 1 amide bonds. The highest BCUT2D eigenvalue weighted by Gasteiger charge is 2.14. The van der Waals surface area contributed by atoms with E-state index in [2.05, 4.69) is 47.4 Å². The van der Waals surface area contributed by atoms with Crippen molar-refractivity contribution in [3.63, 3.8) is 0 Å². The van der Waals surface area contributed by atoms with Crippen LogP contribution in [0.4, 0.5) is 0 Å². The van der Waals surface area contributed by atoms with Crippen LogP contribution in [0.2, 0.25) is 0 Å². The summed E-state index contributed by atoms with van der Waals surface area (Å²) in [6, 6.07) is 10.9. The number of hydrogen-bond donors (Lipinski definition) is 2. The third-order valence-electron chi connectivity index (χ3n) is 3.82. The van der Waals surface area contributed by atoms with E-state index < -0.39 is 5.91 Å². The number of para-hydroxylation sites is 1. The zero-order chi connectivity index (χ0) is 20.8. The number of hydrazone groups is 1. The molecule has 0 radical (unpaired) electrons. The summed E-state index contributed by atoms with van der Waals surface area (Å²) < 4.78 is 12.0. The first-order valence-corrected chi connectivity index (χ1v) is 10.2. The summed E-state index contributed by atoms with van der Waals surface area (Å²) in [5, 5.41) is 14.9. The Balaban J connectivity index is 1.64. The molecular formula is C20H17Br2N3O4. The van der Waals surface area contributed by atoms with Gasteiger partial charge in [0.2, 0.25) is 0 Å². The average molecular weight is 523 g/mol. The molecule has 1 heterocycles. The lowest BCUT2D eigenvalue weighted by Gasteiger charge is -2.11. The fourth-order valence-electron chi connectivity index (χ4n) is 2.51. The number of nitrogens with one attached hydrogen (secondary N) is 1. The molecule has 0 saturated heterocycles. The Labute approximate surface area is 184 Å². The van der Waals surface area contributed by atoms with Crippen molar-refractivity contribution in [1.82, 2.24) is 10.4 Å². The first kappa shape index (κ1) is 21.1. The van der Waals surface area contributed by atoms with Gasteiger partial charge in [0.25, 0.3) is 5.91 Å². The molecule has 0 unspecified atom stereocenters. The third-order valence-corrected chi connectivity index (χ3v) is 5.98. The summed E-state index contributed by atoms with van der Waals surface area (Å²) in [5.74, 6) is 0.390. The van der Waals surface area contributed by atoms with Gasteiger partial charge in [-0.2, -0.15) is 5.10 Å². The predicted octanol–water partition coefficient (Wildman–Crippen LogP) is 4.39. The van der Waals surface area contributed by atoms with Gasteiger partial charge in [-0.1, -0.05) is 18.2 Å². The number of ether oxygens (including phenoxy) is 2. The zero-order valence-electron chi connectivity index (χ0n) is 15.4. The maximum absolute atomic E-state index is 12.1. The largest absolute Gasteiger partial charge is 0.503 e. The molecule has 2 aromatic carbocycles. The van der Waals surface area contributed by atoms with Crippen molar-refractivity contribution >= 4 is 54.9 Å². The van der Waals surface area contributed by atoms with Gasteiger partial charge < -0.3 is 14.6 Å². The summed E-state index contributed by atoms with van der Waals surface area (Å²) >= 11 is 6.66.